The van der Waals surface area contributed by atoms with E-state index < -0.39 is 11.9 Å². The molecule has 0 fully saturated rings. The number of allylic oxidation sites excluding steroid dienone is 2. The maximum Gasteiger partial charge on any atom is 0.336 e. The lowest BCUT2D eigenvalue weighted by Crippen LogP contribution is -2.12. The number of methoxy groups -OCH3 is 1. The van der Waals surface area contributed by atoms with Gasteiger partial charge in [-0.2, -0.15) is 0 Å². The van der Waals surface area contributed by atoms with Gasteiger partial charge in [0.25, 0.3) is 0 Å². The molecule has 0 atom stereocenters. The predicted octanol–water partition coefficient (Wildman–Crippen LogP) is 2.37. The number of rotatable bonds is 4. The second kappa shape index (κ2) is 6.65. The zero-order valence-electron chi connectivity index (χ0n) is 11.6. The molecule has 1 aliphatic carbocycles. The number of ether oxygens (including phenoxy) is 1. The van der Waals surface area contributed by atoms with Crippen LogP contribution in [0, 0.1) is 0 Å². The molecule has 1 aromatic rings. The van der Waals surface area contributed by atoms with Gasteiger partial charge in [-0.3, -0.25) is 9.78 Å². The first-order valence-electron chi connectivity index (χ1n) is 6.42. The van der Waals surface area contributed by atoms with E-state index in [2.05, 4.69) is 9.72 Å². The van der Waals surface area contributed by atoms with Gasteiger partial charge in [-0.15, -0.1) is 0 Å². The van der Waals surface area contributed by atoms with Crippen molar-refractivity contribution in [1.29, 1.82) is 0 Å². The molecular formula is C16H15NO4. The molecular weight excluding hydrogens is 270 g/mol. The molecule has 5 nitrogen and oxygen atoms in total. The number of nitrogens with zero attached hydrogens (tertiary/aromatic N) is 1. The Bertz CT molecular complexity index is 642. The van der Waals surface area contributed by atoms with Crippen LogP contribution in [0.3, 0.4) is 0 Å². The molecule has 1 heterocycles. The van der Waals surface area contributed by atoms with Crippen LogP contribution in [0.5, 0.6) is 0 Å². The number of aliphatic carboxylic acids is 1. The molecule has 0 aromatic carbocycles. The third kappa shape index (κ3) is 3.66. The number of hydrogen-bond donors (Lipinski definition) is 1. The van der Waals surface area contributed by atoms with Crippen molar-refractivity contribution >= 4 is 18.0 Å². The quantitative estimate of drug-likeness (QED) is 0.859. The first-order chi connectivity index (χ1) is 10.1. The lowest BCUT2D eigenvalue weighted by molar-refractivity contribution is -0.139. The zero-order chi connectivity index (χ0) is 15.2. The molecule has 0 spiro atoms. The average Bonchev–Trinajstić information content (AvgIpc) is 2.48. The summed E-state index contributed by atoms with van der Waals surface area (Å²) in [7, 11) is 1.28. The number of carbonyl (C=O) groups excluding carboxylic acids is 1. The molecule has 1 aliphatic rings. The standard InChI is InChI=1S/C16H15NO4/c1-21-14(18)10-13-4-2-3-12(15(13)16(19)20)9-11-5-7-17-8-6-11/h2,4-9H,3,10H2,1H3,(H,19,20). The van der Waals surface area contributed by atoms with Crippen LogP contribution in [0.2, 0.25) is 0 Å². The van der Waals surface area contributed by atoms with E-state index in [9.17, 15) is 14.7 Å². The van der Waals surface area contributed by atoms with Gasteiger partial charge >= 0.3 is 11.9 Å². The Hall–Kier alpha value is -2.69. The maximum absolute atomic E-state index is 11.5. The molecule has 21 heavy (non-hydrogen) atoms. The first-order valence-corrected chi connectivity index (χ1v) is 6.42. The van der Waals surface area contributed by atoms with Crippen LogP contribution in [0.15, 0.2) is 53.4 Å². The largest absolute Gasteiger partial charge is 0.478 e. The average molecular weight is 285 g/mol. The molecule has 0 radical (unpaired) electrons. The van der Waals surface area contributed by atoms with Crippen molar-refractivity contribution < 1.29 is 19.4 Å². The van der Waals surface area contributed by atoms with Crippen molar-refractivity contribution in [3.63, 3.8) is 0 Å². The van der Waals surface area contributed by atoms with Gasteiger partial charge < -0.3 is 9.84 Å². The number of esters is 1. The monoisotopic (exact) mass is 285 g/mol. The Morgan fingerprint density at radius 2 is 2.10 bits per heavy atom. The Balaban J connectivity index is 2.42. The molecule has 0 aliphatic heterocycles. The molecule has 0 saturated heterocycles. The summed E-state index contributed by atoms with van der Waals surface area (Å²) < 4.78 is 4.61. The van der Waals surface area contributed by atoms with E-state index in [-0.39, 0.29) is 12.0 Å². The van der Waals surface area contributed by atoms with E-state index in [0.29, 0.717) is 17.6 Å². The Morgan fingerprint density at radius 3 is 2.71 bits per heavy atom. The second-order valence-electron chi connectivity index (χ2n) is 4.51. The summed E-state index contributed by atoms with van der Waals surface area (Å²) in [6.07, 6.45) is 9.06. The maximum atomic E-state index is 11.5. The van der Waals surface area contributed by atoms with E-state index >= 15 is 0 Å². The lowest BCUT2D eigenvalue weighted by Gasteiger charge is -2.15. The molecule has 0 amide bonds. The lowest BCUT2D eigenvalue weighted by atomic mass is 9.89. The number of hydrogen-bond acceptors (Lipinski definition) is 4. The highest BCUT2D eigenvalue weighted by molar-refractivity contribution is 5.97. The summed E-state index contributed by atoms with van der Waals surface area (Å²) in [6.45, 7) is 0. The summed E-state index contributed by atoms with van der Waals surface area (Å²) in [6, 6.07) is 3.59. The molecule has 2 rings (SSSR count). The normalized spacial score (nSPS) is 16.1. The summed E-state index contributed by atoms with van der Waals surface area (Å²) in [4.78, 5) is 26.9. The van der Waals surface area contributed by atoms with Crippen molar-refractivity contribution in [1.82, 2.24) is 4.98 Å². The van der Waals surface area contributed by atoms with Crippen molar-refractivity contribution in [3.05, 3.63) is 59.0 Å². The number of carboxylic acids is 1. The minimum atomic E-state index is -1.04. The summed E-state index contributed by atoms with van der Waals surface area (Å²) >= 11 is 0. The van der Waals surface area contributed by atoms with Gasteiger partial charge in [-0.25, -0.2) is 4.79 Å². The molecule has 1 aromatic heterocycles. The van der Waals surface area contributed by atoms with E-state index in [4.69, 9.17) is 0 Å². The topological polar surface area (TPSA) is 76.5 Å². The van der Waals surface area contributed by atoms with Gasteiger partial charge in [0.2, 0.25) is 0 Å². The second-order valence-corrected chi connectivity index (χ2v) is 4.51. The van der Waals surface area contributed by atoms with E-state index in [0.717, 1.165) is 5.56 Å². The van der Waals surface area contributed by atoms with Crippen LogP contribution >= 0.6 is 0 Å². The third-order valence-electron chi connectivity index (χ3n) is 3.12. The van der Waals surface area contributed by atoms with E-state index in [1.807, 2.05) is 6.08 Å². The molecule has 5 heteroatoms. The number of pyridine rings is 1. The van der Waals surface area contributed by atoms with Gasteiger partial charge in [0.05, 0.1) is 19.1 Å². The molecule has 0 unspecified atom stereocenters. The first kappa shape index (κ1) is 14.7. The van der Waals surface area contributed by atoms with Gasteiger partial charge in [0.15, 0.2) is 0 Å². The summed E-state index contributed by atoms with van der Waals surface area (Å²) in [5.74, 6) is -1.50. The van der Waals surface area contributed by atoms with Crippen LogP contribution < -0.4 is 0 Å². The Labute approximate surface area is 122 Å². The van der Waals surface area contributed by atoms with Crippen LogP contribution in [0.25, 0.3) is 6.08 Å². The summed E-state index contributed by atoms with van der Waals surface area (Å²) in [5.41, 5.74) is 2.15. The van der Waals surface area contributed by atoms with E-state index in [1.165, 1.54) is 7.11 Å². The highest BCUT2D eigenvalue weighted by atomic mass is 16.5. The number of carboxylic acid groups (broad SMARTS) is 1. The Kier molecular flexibility index (Phi) is 4.66. The molecule has 0 saturated carbocycles. The summed E-state index contributed by atoms with van der Waals surface area (Å²) in [5, 5.41) is 9.45. The molecule has 108 valence electrons. The number of carbonyl (C=O) groups is 2. The highest BCUT2D eigenvalue weighted by Gasteiger charge is 2.21. The molecule has 1 N–H and O–H groups in total. The van der Waals surface area contributed by atoms with Gasteiger partial charge in [-0.05, 0) is 35.3 Å². The fourth-order valence-corrected chi connectivity index (χ4v) is 2.16. The fraction of sp³-hybridized carbons (Fsp3) is 0.188. The SMILES string of the molecule is COC(=O)CC1=C(C(=O)O)C(=Cc2ccncc2)CC=C1. The van der Waals surface area contributed by atoms with Crippen LogP contribution in [0.1, 0.15) is 18.4 Å². The third-order valence-corrected chi connectivity index (χ3v) is 3.12. The Morgan fingerprint density at radius 1 is 1.38 bits per heavy atom. The van der Waals surface area contributed by atoms with Crippen LogP contribution in [0.4, 0.5) is 0 Å². The fourth-order valence-electron chi connectivity index (χ4n) is 2.16. The zero-order valence-corrected chi connectivity index (χ0v) is 11.6. The van der Waals surface area contributed by atoms with Gasteiger partial charge in [0, 0.05) is 12.4 Å². The molecule has 0 bridgehead atoms. The predicted molar refractivity (Wildman–Crippen MR) is 77.3 cm³/mol. The minimum absolute atomic E-state index is 0.0533. The van der Waals surface area contributed by atoms with Crippen LogP contribution in [-0.4, -0.2) is 29.1 Å². The smallest absolute Gasteiger partial charge is 0.336 e. The minimum Gasteiger partial charge on any atom is -0.478 e. The van der Waals surface area contributed by atoms with Crippen molar-refractivity contribution in [2.24, 2.45) is 0 Å². The van der Waals surface area contributed by atoms with Crippen LogP contribution in [-0.2, 0) is 14.3 Å². The van der Waals surface area contributed by atoms with Gasteiger partial charge in [0.1, 0.15) is 0 Å². The highest BCUT2D eigenvalue weighted by Crippen LogP contribution is 2.29. The number of aromatic nitrogens is 1. The van der Waals surface area contributed by atoms with E-state index in [1.54, 1.807) is 36.7 Å². The van der Waals surface area contributed by atoms with Crippen molar-refractivity contribution in [2.45, 2.75) is 12.8 Å². The van der Waals surface area contributed by atoms with Crippen molar-refractivity contribution in [3.8, 4) is 0 Å². The van der Waals surface area contributed by atoms with Crippen molar-refractivity contribution in [2.75, 3.05) is 7.11 Å². The van der Waals surface area contributed by atoms with Gasteiger partial charge in [-0.1, -0.05) is 18.2 Å².